The molecule has 124 valence electrons. The fraction of sp³-hybridized carbons (Fsp3) is 0.100. The molecule has 0 aliphatic carbocycles. The van der Waals surface area contributed by atoms with Gasteiger partial charge in [-0.05, 0) is 29.8 Å². The van der Waals surface area contributed by atoms with Crippen LogP contribution in [0.5, 0.6) is 5.75 Å². The fourth-order valence-corrected chi connectivity index (χ4v) is 3.25. The molecule has 1 aliphatic rings. The Hall–Kier alpha value is -3.90. The molecule has 0 radical (unpaired) electrons. The SMILES string of the molecule is COc1ccc(C2=C(C#N)c3nc4ccccc4n3C(=O)C2C#N)cc1. The van der Waals surface area contributed by atoms with Crippen LogP contribution in [-0.2, 0) is 0 Å². The van der Waals surface area contributed by atoms with Crippen LogP contribution < -0.4 is 4.74 Å². The van der Waals surface area contributed by atoms with Crippen LogP contribution in [0.1, 0.15) is 16.2 Å². The number of para-hydroxylation sites is 2. The van der Waals surface area contributed by atoms with Gasteiger partial charge >= 0.3 is 0 Å². The molecule has 6 nitrogen and oxygen atoms in total. The number of nitriles is 2. The number of hydrogen-bond acceptors (Lipinski definition) is 5. The van der Waals surface area contributed by atoms with Crippen LogP contribution in [0, 0.1) is 28.6 Å². The molecule has 2 heterocycles. The largest absolute Gasteiger partial charge is 0.497 e. The Morgan fingerprint density at radius 3 is 2.50 bits per heavy atom. The number of fused-ring (bicyclic) bond motifs is 3. The Bertz CT molecular complexity index is 1160. The first kappa shape index (κ1) is 15.6. The predicted octanol–water partition coefficient (Wildman–Crippen LogP) is 3.27. The fourth-order valence-electron chi connectivity index (χ4n) is 3.25. The van der Waals surface area contributed by atoms with Crippen molar-refractivity contribution >= 4 is 28.1 Å². The van der Waals surface area contributed by atoms with Crippen molar-refractivity contribution in [3.8, 4) is 17.9 Å². The Morgan fingerprint density at radius 2 is 1.85 bits per heavy atom. The van der Waals surface area contributed by atoms with E-state index in [1.807, 2.05) is 6.07 Å². The highest BCUT2D eigenvalue weighted by atomic mass is 16.5. The van der Waals surface area contributed by atoms with Gasteiger partial charge in [0.25, 0.3) is 5.91 Å². The van der Waals surface area contributed by atoms with Crippen molar-refractivity contribution in [2.75, 3.05) is 7.11 Å². The third-order valence-corrected chi connectivity index (χ3v) is 4.45. The summed E-state index contributed by atoms with van der Waals surface area (Å²) >= 11 is 0. The van der Waals surface area contributed by atoms with Crippen LogP contribution in [0.15, 0.2) is 48.5 Å². The van der Waals surface area contributed by atoms with Gasteiger partial charge < -0.3 is 4.74 Å². The Kier molecular flexibility index (Phi) is 3.53. The number of benzene rings is 2. The van der Waals surface area contributed by atoms with Crippen molar-refractivity contribution in [1.82, 2.24) is 9.55 Å². The lowest BCUT2D eigenvalue weighted by atomic mass is 9.86. The molecule has 1 unspecified atom stereocenters. The average Bonchev–Trinajstić information content (AvgIpc) is 3.07. The number of hydrogen-bond donors (Lipinski definition) is 0. The number of allylic oxidation sites excluding steroid dienone is 2. The normalized spacial score (nSPS) is 16.1. The molecule has 0 spiro atoms. The van der Waals surface area contributed by atoms with E-state index in [2.05, 4.69) is 17.1 Å². The van der Waals surface area contributed by atoms with Crippen molar-refractivity contribution in [2.45, 2.75) is 0 Å². The van der Waals surface area contributed by atoms with E-state index in [0.717, 1.165) is 0 Å². The van der Waals surface area contributed by atoms with E-state index in [0.29, 0.717) is 27.9 Å². The predicted molar refractivity (Wildman–Crippen MR) is 94.9 cm³/mol. The van der Waals surface area contributed by atoms with Crippen LogP contribution in [-0.4, -0.2) is 22.6 Å². The number of methoxy groups -OCH3 is 1. The summed E-state index contributed by atoms with van der Waals surface area (Å²) in [5.41, 5.74) is 2.44. The molecule has 1 aromatic heterocycles. The lowest BCUT2D eigenvalue weighted by molar-refractivity contribution is 0.0892. The van der Waals surface area contributed by atoms with Gasteiger partial charge in [-0.2, -0.15) is 10.5 Å². The van der Waals surface area contributed by atoms with Crippen molar-refractivity contribution in [3.05, 3.63) is 59.9 Å². The first-order valence-corrected chi connectivity index (χ1v) is 7.90. The average molecular weight is 340 g/mol. The van der Waals surface area contributed by atoms with Crippen LogP contribution in [0.4, 0.5) is 0 Å². The highest BCUT2D eigenvalue weighted by Crippen LogP contribution is 2.39. The monoisotopic (exact) mass is 340 g/mol. The molecule has 4 rings (SSSR count). The summed E-state index contributed by atoms with van der Waals surface area (Å²) in [5.74, 6) is -0.559. The molecule has 1 atom stereocenters. The minimum absolute atomic E-state index is 0.234. The Morgan fingerprint density at radius 1 is 1.12 bits per heavy atom. The van der Waals surface area contributed by atoms with Crippen molar-refractivity contribution in [2.24, 2.45) is 5.92 Å². The van der Waals surface area contributed by atoms with E-state index < -0.39 is 11.8 Å². The van der Waals surface area contributed by atoms with Gasteiger partial charge in [0.2, 0.25) is 0 Å². The van der Waals surface area contributed by atoms with Gasteiger partial charge in [0, 0.05) is 5.57 Å². The number of rotatable bonds is 2. The molecule has 0 fully saturated rings. The van der Waals surface area contributed by atoms with Crippen molar-refractivity contribution in [3.63, 3.8) is 0 Å². The molecule has 3 aromatic rings. The van der Waals surface area contributed by atoms with Crippen LogP contribution >= 0.6 is 0 Å². The van der Waals surface area contributed by atoms with E-state index in [-0.39, 0.29) is 11.4 Å². The molecular weight excluding hydrogens is 328 g/mol. The molecule has 0 amide bonds. The second-order valence-corrected chi connectivity index (χ2v) is 5.79. The summed E-state index contributed by atoms with van der Waals surface area (Å²) in [6.45, 7) is 0. The number of carbonyl (C=O) groups excluding carboxylic acids is 1. The topological polar surface area (TPSA) is 91.7 Å². The summed E-state index contributed by atoms with van der Waals surface area (Å²) < 4.78 is 6.52. The molecule has 6 heteroatoms. The first-order chi connectivity index (χ1) is 12.7. The van der Waals surface area contributed by atoms with Gasteiger partial charge in [-0.3, -0.25) is 9.36 Å². The zero-order valence-corrected chi connectivity index (χ0v) is 13.8. The molecule has 0 bridgehead atoms. The molecule has 0 N–H and O–H groups in total. The minimum atomic E-state index is -1.08. The van der Waals surface area contributed by atoms with E-state index in [9.17, 15) is 15.3 Å². The maximum Gasteiger partial charge on any atom is 0.254 e. The summed E-state index contributed by atoms with van der Waals surface area (Å²) in [4.78, 5) is 17.5. The van der Waals surface area contributed by atoms with Gasteiger partial charge in [0.1, 0.15) is 17.4 Å². The minimum Gasteiger partial charge on any atom is -0.497 e. The highest BCUT2D eigenvalue weighted by molar-refractivity contribution is 6.13. The Balaban J connectivity index is 2.05. The zero-order chi connectivity index (χ0) is 18.3. The maximum atomic E-state index is 13.0. The van der Waals surface area contributed by atoms with Gasteiger partial charge in [0.15, 0.2) is 11.7 Å². The van der Waals surface area contributed by atoms with Gasteiger partial charge in [-0.1, -0.05) is 24.3 Å². The van der Waals surface area contributed by atoms with Crippen molar-refractivity contribution in [1.29, 1.82) is 10.5 Å². The molecule has 2 aromatic carbocycles. The smallest absolute Gasteiger partial charge is 0.254 e. The quantitative estimate of drug-likeness (QED) is 0.714. The molecule has 0 saturated heterocycles. The molecule has 26 heavy (non-hydrogen) atoms. The summed E-state index contributed by atoms with van der Waals surface area (Å²) in [6, 6.07) is 18.3. The standard InChI is InChI=1S/C20H12N4O2/c1-26-13-8-6-12(7-9-13)18-14(10-21)19-23-16-4-2-3-5-17(16)24(19)20(25)15(18)11-22/h2-9,15H,1H3. The Labute approximate surface area is 149 Å². The number of nitrogens with zero attached hydrogens (tertiary/aromatic N) is 4. The van der Waals surface area contributed by atoms with Crippen LogP contribution in [0.3, 0.4) is 0 Å². The molecule has 0 saturated carbocycles. The number of aromatic nitrogens is 2. The van der Waals surface area contributed by atoms with Crippen LogP contribution in [0.25, 0.3) is 22.2 Å². The molecule has 1 aliphatic heterocycles. The second-order valence-electron chi connectivity index (χ2n) is 5.79. The summed E-state index contributed by atoms with van der Waals surface area (Å²) in [5, 5.41) is 19.5. The third kappa shape index (κ3) is 2.10. The number of ether oxygens (including phenoxy) is 1. The number of carbonyl (C=O) groups is 1. The second kappa shape index (κ2) is 5.87. The van der Waals surface area contributed by atoms with Crippen LogP contribution in [0.2, 0.25) is 0 Å². The van der Waals surface area contributed by atoms with Crippen molar-refractivity contribution < 1.29 is 9.53 Å². The van der Waals surface area contributed by atoms with E-state index in [1.54, 1.807) is 49.6 Å². The van der Waals surface area contributed by atoms with Gasteiger partial charge in [0.05, 0.1) is 24.2 Å². The maximum absolute atomic E-state index is 13.0. The first-order valence-electron chi connectivity index (χ1n) is 7.90. The van der Waals surface area contributed by atoms with E-state index in [1.165, 1.54) is 4.57 Å². The zero-order valence-electron chi connectivity index (χ0n) is 13.8. The van der Waals surface area contributed by atoms with E-state index in [4.69, 9.17) is 4.74 Å². The lowest BCUT2D eigenvalue weighted by Crippen LogP contribution is -2.28. The summed E-state index contributed by atoms with van der Waals surface area (Å²) in [6.07, 6.45) is 0. The summed E-state index contributed by atoms with van der Waals surface area (Å²) in [7, 11) is 1.56. The van der Waals surface area contributed by atoms with Gasteiger partial charge in [-0.15, -0.1) is 0 Å². The van der Waals surface area contributed by atoms with Gasteiger partial charge in [-0.25, -0.2) is 4.98 Å². The highest BCUT2D eigenvalue weighted by Gasteiger charge is 2.37. The lowest BCUT2D eigenvalue weighted by Gasteiger charge is -2.22. The number of imidazole rings is 1. The van der Waals surface area contributed by atoms with E-state index >= 15 is 0 Å². The molecular formula is C20H12N4O2. The third-order valence-electron chi connectivity index (χ3n) is 4.45.